The van der Waals surface area contributed by atoms with Gasteiger partial charge in [-0.2, -0.15) is 0 Å². The Morgan fingerprint density at radius 2 is 1.93 bits per heavy atom. The molecule has 0 aliphatic rings. The molecule has 1 heterocycles. The fourth-order valence-electron chi connectivity index (χ4n) is 1.46. The minimum absolute atomic E-state index is 0.101. The van der Waals surface area contributed by atoms with Crippen molar-refractivity contribution in [2.75, 3.05) is 0 Å². The van der Waals surface area contributed by atoms with Crippen molar-refractivity contribution in [2.24, 2.45) is 0 Å². The standard InChI is InChI=1S/C10H6BrF2NO/c11-8-7(9(12)13)5-3-1-2-4-6(5)14-10(8)15/h1-4,9H,(H,14,15). The zero-order valence-corrected chi connectivity index (χ0v) is 9.01. The molecule has 2 aromatic rings. The lowest BCUT2D eigenvalue weighted by molar-refractivity contribution is 0.152. The summed E-state index contributed by atoms with van der Waals surface area (Å²) in [7, 11) is 0. The fourth-order valence-corrected chi connectivity index (χ4v) is 1.94. The van der Waals surface area contributed by atoms with Crippen LogP contribution in [0.1, 0.15) is 12.0 Å². The Hall–Kier alpha value is -1.23. The molecule has 0 atom stereocenters. The highest BCUT2D eigenvalue weighted by Crippen LogP contribution is 2.30. The van der Waals surface area contributed by atoms with Crippen LogP contribution in [0.4, 0.5) is 8.78 Å². The van der Waals surface area contributed by atoms with Gasteiger partial charge in [-0.15, -0.1) is 0 Å². The maximum Gasteiger partial charge on any atom is 0.265 e. The predicted molar refractivity (Wildman–Crippen MR) is 57.2 cm³/mol. The SMILES string of the molecule is O=c1[nH]c2ccccc2c(C(F)F)c1Br. The average Bonchev–Trinajstić information content (AvgIpc) is 2.19. The third kappa shape index (κ3) is 1.67. The van der Waals surface area contributed by atoms with Crippen LogP contribution in [-0.4, -0.2) is 4.98 Å². The Kier molecular flexibility index (Phi) is 2.56. The van der Waals surface area contributed by atoms with Crippen LogP contribution in [0.15, 0.2) is 33.5 Å². The summed E-state index contributed by atoms with van der Waals surface area (Å²) < 4.78 is 25.4. The molecular weight excluding hydrogens is 268 g/mol. The highest BCUT2D eigenvalue weighted by molar-refractivity contribution is 9.10. The van der Waals surface area contributed by atoms with E-state index in [9.17, 15) is 13.6 Å². The zero-order valence-electron chi connectivity index (χ0n) is 7.43. The molecule has 0 saturated carbocycles. The first-order chi connectivity index (χ1) is 7.11. The maximum absolute atomic E-state index is 12.8. The minimum Gasteiger partial charge on any atom is -0.321 e. The minimum atomic E-state index is -2.67. The smallest absolute Gasteiger partial charge is 0.265 e. The van der Waals surface area contributed by atoms with Crippen molar-refractivity contribution >= 4 is 26.8 Å². The second-order valence-corrected chi connectivity index (χ2v) is 3.82. The molecule has 0 fully saturated rings. The molecule has 1 aromatic heterocycles. The van der Waals surface area contributed by atoms with Crippen molar-refractivity contribution in [3.63, 3.8) is 0 Å². The Labute approximate surface area is 92.1 Å². The number of aromatic nitrogens is 1. The van der Waals surface area contributed by atoms with E-state index in [1.807, 2.05) is 0 Å². The molecule has 0 aliphatic heterocycles. The first-order valence-electron chi connectivity index (χ1n) is 4.20. The van der Waals surface area contributed by atoms with Gasteiger partial charge in [0.1, 0.15) is 0 Å². The topological polar surface area (TPSA) is 32.9 Å². The van der Waals surface area contributed by atoms with Gasteiger partial charge in [-0.05, 0) is 22.0 Å². The molecule has 15 heavy (non-hydrogen) atoms. The number of fused-ring (bicyclic) bond motifs is 1. The van der Waals surface area contributed by atoms with Crippen molar-refractivity contribution in [3.05, 3.63) is 44.7 Å². The third-order valence-electron chi connectivity index (χ3n) is 2.12. The van der Waals surface area contributed by atoms with E-state index < -0.39 is 12.0 Å². The molecule has 1 N–H and O–H groups in total. The number of rotatable bonds is 1. The van der Waals surface area contributed by atoms with E-state index in [0.717, 1.165) is 0 Å². The van der Waals surface area contributed by atoms with Crippen molar-refractivity contribution in [1.82, 2.24) is 4.98 Å². The number of alkyl halides is 2. The summed E-state index contributed by atoms with van der Waals surface area (Å²) in [5.74, 6) is 0. The van der Waals surface area contributed by atoms with Crippen LogP contribution in [-0.2, 0) is 0 Å². The predicted octanol–water partition coefficient (Wildman–Crippen LogP) is 3.23. The van der Waals surface area contributed by atoms with E-state index in [2.05, 4.69) is 20.9 Å². The lowest BCUT2D eigenvalue weighted by Crippen LogP contribution is -2.10. The van der Waals surface area contributed by atoms with Gasteiger partial charge in [0, 0.05) is 16.5 Å². The van der Waals surface area contributed by atoms with Crippen molar-refractivity contribution in [3.8, 4) is 0 Å². The molecule has 0 unspecified atom stereocenters. The number of aromatic amines is 1. The largest absolute Gasteiger partial charge is 0.321 e. The maximum atomic E-state index is 12.8. The van der Waals surface area contributed by atoms with Gasteiger partial charge >= 0.3 is 0 Å². The van der Waals surface area contributed by atoms with E-state index in [0.29, 0.717) is 10.9 Å². The highest BCUT2D eigenvalue weighted by atomic mass is 79.9. The van der Waals surface area contributed by atoms with Gasteiger partial charge in [0.2, 0.25) is 0 Å². The molecule has 5 heteroatoms. The fraction of sp³-hybridized carbons (Fsp3) is 0.100. The third-order valence-corrected chi connectivity index (χ3v) is 2.91. The Bertz CT molecular complexity index is 565. The van der Waals surface area contributed by atoms with Gasteiger partial charge in [-0.1, -0.05) is 18.2 Å². The molecule has 2 rings (SSSR count). The van der Waals surface area contributed by atoms with Gasteiger partial charge < -0.3 is 4.98 Å². The van der Waals surface area contributed by atoms with Crippen LogP contribution in [0.25, 0.3) is 10.9 Å². The summed E-state index contributed by atoms with van der Waals surface area (Å²) in [6.45, 7) is 0. The van der Waals surface area contributed by atoms with Gasteiger partial charge in [0.25, 0.3) is 12.0 Å². The van der Waals surface area contributed by atoms with Crippen LogP contribution in [0.3, 0.4) is 0 Å². The van der Waals surface area contributed by atoms with Gasteiger partial charge in [0.05, 0.1) is 4.47 Å². The van der Waals surface area contributed by atoms with Crippen LogP contribution >= 0.6 is 15.9 Å². The number of halogens is 3. The second-order valence-electron chi connectivity index (χ2n) is 3.03. The highest BCUT2D eigenvalue weighted by Gasteiger charge is 2.18. The Morgan fingerprint density at radius 3 is 2.60 bits per heavy atom. The zero-order chi connectivity index (χ0) is 11.0. The van der Waals surface area contributed by atoms with Crippen LogP contribution in [0.5, 0.6) is 0 Å². The van der Waals surface area contributed by atoms with Gasteiger partial charge in [-0.25, -0.2) is 8.78 Å². The van der Waals surface area contributed by atoms with E-state index in [1.165, 1.54) is 0 Å². The number of hydrogen-bond acceptors (Lipinski definition) is 1. The molecule has 2 nitrogen and oxygen atoms in total. The average molecular weight is 274 g/mol. The number of benzene rings is 1. The second kappa shape index (κ2) is 3.73. The van der Waals surface area contributed by atoms with Gasteiger partial charge in [0.15, 0.2) is 0 Å². The molecule has 0 bridgehead atoms. The van der Waals surface area contributed by atoms with Crippen molar-refractivity contribution < 1.29 is 8.78 Å². The summed E-state index contributed by atoms with van der Waals surface area (Å²) in [6.07, 6.45) is -2.67. The molecule has 0 amide bonds. The quantitative estimate of drug-likeness (QED) is 0.850. The first-order valence-corrected chi connectivity index (χ1v) is 4.99. The van der Waals surface area contributed by atoms with Crippen LogP contribution in [0, 0.1) is 0 Å². The number of pyridine rings is 1. The van der Waals surface area contributed by atoms with Crippen molar-refractivity contribution in [1.29, 1.82) is 0 Å². The Morgan fingerprint density at radius 1 is 1.27 bits per heavy atom. The molecule has 0 saturated heterocycles. The number of H-pyrrole nitrogens is 1. The van der Waals surface area contributed by atoms with E-state index in [4.69, 9.17) is 0 Å². The molecule has 1 aromatic carbocycles. The molecule has 0 aliphatic carbocycles. The number of hydrogen-bond donors (Lipinski definition) is 1. The Balaban J connectivity index is 2.96. The summed E-state index contributed by atoms with van der Waals surface area (Å²) in [5, 5.41) is 0.360. The normalized spacial score (nSPS) is 11.2. The monoisotopic (exact) mass is 273 g/mol. The summed E-state index contributed by atoms with van der Waals surface area (Å²) in [6, 6.07) is 6.48. The van der Waals surface area contributed by atoms with Crippen LogP contribution in [0.2, 0.25) is 0 Å². The lowest BCUT2D eigenvalue weighted by Gasteiger charge is -2.06. The van der Waals surface area contributed by atoms with E-state index >= 15 is 0 Å². The summed E-state index contributed by atoms with van der Waals surface area (Å²) in [5.41, 5.74) is -0.376. The summed E-state index contributed by atoms with van der Waals surface area (Å²) in [4.78, 5) is 13.8. The molecule has 0 radical (unpaired) electrons. The number of para-hydroxylation sites is 1. The van der Waals surface area contributed by atoms with E-state index in [-0.39, 0.29) is 10.0 Å². The van der Waals surface area contributed by atoms with E-state index in [1.54, 1.807) is 24.3 Å². The molecule has 78 valence electrons. The molecule has 0 spiro atoms. The van der Waals surface area contributed by atoms with Gasteiger partial charge in [-0.3, -0.25) is 4.79 Å². The van der Waals surface area contributed by atoms with Crippen LogP contribution < -0.4 is 5.56 Å². The number of nitrogens with one attached hydrogen (secondary N) is 1. The molecular formula is C10H6BrF2NO. The first kappa shape index (κ1) is 10.3. The lowest BCUT2D eigenvalue weighted by atomic mass is 10.1. The van der Waals surface area contributed by atoms with Crippen molar-refractivity contribution in [2.45, 2.75) is 6.43 Å². The summed E-state index contributed by atoms with van der Waals surface area (Å²) >= 11 is 2.88.